The number of hydrogen-bond donors (Lipinski definition) is 1. The molecule has 0 saturated heterocycles. The van der Waals surface area contributed by atoms with Crippen LogP contribution in [0, 0.1) is 0 Å². The fourth-order valence-electron chi connectivity index (χ4n) is 2.88. The van der Waals surface area contributed by atoms with Gasteiger partial charge in [0, 0.05) is 35.7 Å². The van der Waals surface area contributed by atoms with Crippen LogP contribution in [0.5, 0.6) is 11.5 Å². The van der Waals surface area contributed by atoms with Crippen LogP contribution in [0.4, 0.5) is 11.4 Å². The van der Waals surface area contributed by atoms with Crippen LogP contribution in [0.15, 0.2) is 40.8 Å². The highest BCUT2D eigenvalue weighted by Gasteiger charge is 2.31. The Hall–Kier alpha value is -2.93. The number of methoxy groups -OCH3 is 2. The molecule has 1 amide bonds. The van der Waals surface area contributed by atoms with Crippen molar-refractivity contribution in [2.45, 2.75) is 5.92 Å². The van der Waals surface area contributed by atoms with E-state index in [1.165, 1.54) is 11.3 Å². The molecule has 126 valence electrons. The lowest BCUT2D eigenvalue weighted by molar-refractivity contribution is -0.115. The van der Waals surface area contributed by atoms with Crippen LogP contribution in [0.25, 0.3) is 10.2 Å². The summed E-state index contributed by atoms with van der Waals surface area (Å²) in [6.45, 7) is 0. The lowest BCUT2D eigenvalue weighted by atomic mass is 10.0. The Balaban J connectivity index is 1.74. The van der Waals surface area contributed by atoms with Crippen LogP contribution in [-0.2, 0) is 4.79 Å². The summed E-state index contributed by atoms with van der Waals surface area (Å²) in [5.41, 5.74) is 5.09. The van der Waals surface area contributed by atoms with E-state index in [4.69, 9.17) is 9.47 Å². The van der Waals surface area contributed by atoms with Crippen LogP contribution >= 0.6 is 11.3 Å². The van der Waals surface area contributed by atoms with Crippen LogP contribution < -0.4 is 14.8 Å². The SMILES string of the molecule is COc1cc(N=CC2C(=O)Nc3ccc4ncsc4c32)cc(OC)c1. The zero-order chi connectivity index (χ0) is 17.4. The van der Waals surface area contributed by atoms with Crippen LogP contribution in [0.3, 0.4) is 0 Å². The molecule has 6 nitrogen and oxygen atoms in total. The van der Waals surface area contributed by atoms with Gasteiger partial charge in [0.05, 0.1) is 35.6 Å². The molecular formula is C18H15N3O3S. The smallest absolute Gasteiger partial charge is 0.237 e. The lowest BCUT2D eigenvalue weighted by Crippen LogP contribution is -2.12. The third-order valence-corrected chi connectivity index (χ3v) is 4.97. The number of ether oxygens (including phenoxy) is 2. The molecule has 1 aromatic heterocycles. The number of aliphatic imine (C=N–C) groups is 1. The number of benzene rings is 2. The van der Waals surface area contributed by atoms with Gasteiger partial charge in [-0.15, -0.1) is 11.3 Å². The summed E-state index contributed by atoms with van der Waals surface area (Å²) in [5.74, 6) is 0.756. The number of anilines is 1. The van der Waals surface area contributed by atoms with Crippen molar-refractivity contribution in [2.24, 2.45) is 4.99 Å². The van der Waals surface area contributed by atoms with E-state index in [1.54, 1.807) is 44.1 Å². The van der Waals surface area contributed by atoms with Crippen LogP contribution in [0.2, 0.25) is 0 Å². The first kappa shape index (κ1) is 15.6. The number of carbonyl (C=O) groups is 1. The maximum Gasteiger partial charge on any atom is 0.237 e. The van der Waals surface area contributed by atoms with E-state index in [0.29, 0.717) is 17.2 Å². The van der Waals surface area contributed by atoms with E-state index in [0.717, 1.165) is 21.5 Å². The first-order chi connectivity index (χ1) is 12.2. The Morgan fingerprint density at radius 2 is 1.96 bits per heavy atom. The molecule has 0 aliphatic carbocycles. The molecule has 0 spiro atoms. The second-order valence-corrected chi connectivity index (χ2v) is 6.40. The molecule has 0 saturated carbocycles. The Bertz CT molecular complexity index is 974. The molecule has 1 N–H and O–H groups in total. The van der Waals surface area contributed by atoms with Crippen molar-refractivity contribution < 1.29 is 14.3 Å². The fraction of sp³-hybridized carbons (Fsp3) is 0.167. The van der Waals surface area contributed by atoms with Gasteiger partial charge in [0.25, 0.3) is 0 Å². The largest absolute Gasteiger partial charge is 0.497 e. The van der Waals surface area contributed by atoms with Gasteiger partial charge in [-0.05, 0) is 12.1 Å². The van der Waals surface area contributed by atoms with Crippen molar-refractivity contribution in [3.63, 3.8) is 0 Å². The Morgan fingerprint density at radius 1 is 1.20 bits per heavy atom. The minimum atomic E-state index is -0.448. The quantitative estimate of drug-likeness (QED) is 0.725. The minimum Gasteiger partial charge on any atom is -0.497 e. The number of aromatic nitrogens is 1. The highest BCUT2D eigenvalue weighted by Crippen LogP contribution is 2.39. The van der Waals surface area contributed by atoms with Crippen molar-refractivity contribution in [3.05, 3.63) is 41.4 Å². The molecule has 25 heavy (non-hydrogen) atoms. The standard InChI is InChI=1S/C18H15N3O3S/c1-23-11-5-10(6-12(7-11)24-2)19-8-13-16-14(21-18(13)22)3-4-15-17(16)25-9-20-15/h3-9,13H,1-2H3,(H,21,22). The first-order valence-corrected chi connectivity index (χ1v) is 8.52. The average molecular weight is 353 g/mol. The number of carbonyl (C=O) groups excluding carboxylic acids is 1. The summed E-state index contributed by atoms with van der Waals surface area (Å²) >= 11 is 1.53. The number of amides is 1. The van der Waals surface area contributed by atoms with Gasteiger partial charge in [0.1, 0.15) is 17.4 Å². The molecule has 1 aliphatic rings. The zero-order valence-electron chi connectivity index (χ0n) is 13.6. The minimum absolute atomic E-state index is 0.0884. The summed E-state index contributed by atoms with van der Waals surface area (Å²) in [6.07, 6.45) is 1.66. The summed E-state index contributed by atoms with van der Waals surface area (Å²) in [6, 6.07) is 9.16. The Morgan fingerprint density at radius 3 is 2.68 bits per heavy atom. The number of rotatable bonds is 4. The molecule has 7 heteroatoms. The van der Waals surface area contributed by atoms with Gasteiger partial charge in [-0.2, -0.15) is 0 Å². The molecule has 0 bridgehead atoms. The third kappa shape index (κ3) is 2.72. The van der Waals surface area contributed by atoms with E-state index < -0.39 is 5.92 Å². The average Bonchev–Trinajstić information content (AvgIpc) is 3.22. The number of nitrogens with zero attached hydrogens (tertiary/aromatic N) is 2. The molecule has 1 atom stereocenters. The number of thiazole rings is 1. The zero-order valence-corrected chi connectivity index (χ0v) is 14.5. The molecule has 3 aromatic rings. The second kappa shape index (κ2) is 6.18. The van der Waals surface area contributed by atoms with E-state index in [9.17, 15) is 4.79 Å². The van der Waals surface area contributed by atoms with Crippen molar-refractivity contribution >= 4 is 45.0 Å². The number of hydrogen-bond acceptors (Lipinski definition) is 6. The Kier molecular flexibility index (Phi) is 3.85. The summed E-state index contributed by atoms with van der Waals surface area (Å²) < 4.78 is 11.5. The van der Waals surface area contributed by atoms with Gasteiger partial charge >= 0.3 is 0 Å². The molecule has 1 unspecified atom stereocenters. The molecule has 4 rings (SSSR count). The highest BCUT2D eigenvalue weighted by molar-refractivity contribution is 7.17. The first-order valence-electron chi connectivity index (χ1n) is 7.64. The number of nitrogens with one attached hydrogen (secondary N) is 1. The maximum absolute atomic E-state index is 12.4. The van der Waals surface area contributed by atoms with Gasteiger partial charge in [0.15, 0.2) is 0 Å². The molecule has 2 aromatic carbocycles. The monoisotopic (exact) mass is 353 g/mol. The normalized spacial score (nSPS) is 16.2. The van der Waals surface area contributed by atoms with Crippen molar-refractivity contribution in [1.29, 1.82) is 0 Å². The van der Waals surface area contributed by atoms with E-state index in [1.807, 2.05) is 12.1 Å². The number of fused-ring (bicyclic) bond motifs is 3. The lowest BCUT2D eigenvalue weighted by Gasteiger charge is -2.06. The fourth-order valence-corrected chi connectivity index (χ4v) is 3.76. The maximum atomic E-state index is 12.4. The van der Waals surface area contributed by atoms with E-state index >= 15 is 0 Å². The molecule has 2 heterocycles. The summed E-state index contributed by atoms with van der Waals surface area (Å²) in [5, 5.41) is 2.91. The van der Waals surface area contributed by atoms with Gasteiger partial charge < -0.3 is 14.8 Å². The van der Waals surface area contributed by atoms with E-state index in [2.05, 4.69) is 15.3 Å². The second-order valence-electron chi connectivity index (χ2n) is 5.54. The van der Waals surface area contributed by atoms with Crippen molar-refractivity contribution in [2.75, 3.05) is 19.5 Å². The van der Waals surface area contributed by atoms with Crippen molar-refractivity contribution in [3.8, 4) is 11.5 Å². The molecule has 0 radical (unpaired) electrons. The summed E-state index contributed by atoms with van der Waals surface area (Å²) in [4.78, 5) is 21.2. The van der Waals surface area contributed by atoms with Gasteiger partial charge in [0.2, 0.25) is 5.91 Å². The predicted molar refractivity (Wildman–Crippen MR) is 98.7 cm³/mol. The topological polar surface area (TPSA) is 72.8 Å². The Labute approximate surface area is 148 Å². The highest BCUT2D eigenvalue weighted by atomic mass is 32.1. The molecular weight excluding hydrogens is 338 g/mol. The van der Waals surface area contributed by atoms with Gasteiger partial charge in [-0.25, -0.2) is 4.98 Å². The van der Waals surface area contributed by atoms with E-state index in [-0.39, 0.29) is 5.91 Å². The van der Waals surface area contributed by atoms with Crippen LogP contribution in [-0.4, -0.2) is 31.3 Å². The van der Waals surface area contributed by atoms with Crippen molar-refractivity contribution in [1.82, 2.24) is 4.98 Å². The molecule has 1 aliphatic heterocycles. The van der Waals surface area contributed by atoms with Gasteiger partial charge in [-0.1, -0.05) is 0 Å². The van der Waals surface area contributed by atoms with Gasteiger partial charge in [-0.3, -0.25) is 9.79 Å². The predicted octanol–water partition coefficient (Wildman–Crippen LogP) is 3.75. The summed E-state index contributed by atoms with van der Waals surface area (Å²) in [7, 11) is 3.17. The third-order valence-electron chi connectivity index (χ3n) is 4.10. The molecule has 0 fully saturated rings. The van der Waals surface area contributed by atoms with Crippen LogP contribution in [0.1, 0.15) is 11.5 Å².